The van der Waals surface area contributed by atoms with Crippen LogP contribution in [0.4, 0.5) is 5.69 Å². The fourth-order valence-corrected chi connectivity index (χ4v) is 3.23. The minimum atomic E-state index is 0.544. The van der Waals surface area contributed by atoms with E-state index in [0.717, 1.165) is 30.1 Å². The highest BCUT2D eigenvalue weighted by Crippen LogP contribution is 2.28. The van der Waals surface area contributed by atoms with E-state index in [4.69, 9.17) is 5.73 Å². The van der Waals surface area contributed by atoms with Crippen LogP contribution in [-0.2, 0) is 0 Å². The molecule has 1 aromatic heterocycles. The molecule has 1 saturated heterocycles. The van der Waals surface area contributed by atoms with Crippen LogP contribution < -0.4 is 5.73 Å². The molecule has 1 aliphatic heterocycles. The molecule has 3 rings (SSSR count). The molecule has 19 heavy (non-hydrogen) atoms. The lowest BCUT2D eigenvalue weighted by atomic mass is 10.1. The van der Waals surface area contributed by atoms with Crippen molar-refractivity contribution in [2.75, 3.05) is 25.4 Å². The van der Waals surface area contributed by atoms with Gasteiger partial charge in [-0.15, -0.1) is 0 Å². The summed E-state index contributed by atoms with van der Waals surface area (Å²) < 4.78 is 2.40. The molecule has 0 spiro atoms. The summed E-state index contributed by atoms with van der Waals surface area (Å²) in [6.07, 6.45) is 2.51. The number of nitrogen functional groups attached to an aromatic ring is 1. The summed E-state index contributed by atoms with van der Waals surface area (Å²) in [7, 11) is 0. The summed E-state index contributed by atoms with van der Waals surface area (Å²) in [4.78, 5) is 7.19. The van der Waals surface area contributed by atoms with Crippen LogP contribution in [0.3, 0.4) is 0 Å². The van der Waals surface area contributed by atoms with Crippen LogP contribution in [0.2, 0.25) is 0 Å². The van der Waals surface area contributed by atoms with Crippen molar-refractivity contribution in [2.45, 2.75) is 32.7 Å². The number of benzene rings is 1. The van der Waals surface area contributed by atoms with Gasteiger partial charge in [-0.3, -0.25) is 0 Å². The van der Waals surface area contributed by atoms with Gasteiger partial charge >= 0.3 is 0 Å². The van der Waals surface area contributed by atoms with E-state index in [-0.39, 0.29) is 0 Å². The second kappa shape index (κ2) is 4.85. The van der Waals surface area contributed by atoms with Crippen LogP contribution in [0.15, 0.2) is 18.2 Å². The third-order valence-corrected chi connectivity index (χ3v) is 4.18. The molecule has 0 aliphatic carbocycles. The minimum absolute atomic E-state index is 0.544. The molecule has 2 N–H and O–H groups in total. The maximum absolute atomic E-state index is 5.85. The van der Waals surface area contributed by atoms with Gasteiger partial charge in [-0.25, -0.2) is 4.98 Å². The second-order valence-electron chi connectivity index (χ2n) is 5.47. The van der Waals surface area contributed by atoms with Crippen molar-refractivity contribution >= 4 is 16.7 Å². The van der Waals surface area contributed by atoms with E-state index >= 15 is 0 Å². The molecular formula is C15H22N4. The van der Waals surface area contributed by atoms with Crippen LogP contribution in [0.25, 0.3) is 11.0 Å². The number of piperidine rings is 1. The largest absolute Gasteiger partial charge is 0.399 e. The van der Waals surface area contributed by atoms with Gasteiger partial charge in [0.2, 0.25) is 0 Å². The number of fused-ring (bicyclic) bond motifs is 1. The fraction of sp³-hybridized carbons (Fsp3) is 0.533. The van der Waals surface area contributed by atoms with Crippen molar-refractivity contribution in [3.8, 4) is 0 Å². The smallest absolute Gasteiger partial charge is 0.107 e. The number of nitrogens with zero attached hydrogens (tertiary/aromatic N) is 3. The maximum Gasteiger partial charge on any atom is 0.107 e. The number of hydrogen-bond donors (Lipinski definition) is 1. The van der Waals surface area contributed by atoms with Gasteiger partial charge in [-0.2, -0.15) is 0 Å². The number of likely N-dealkylation sites (tertiary alicyclic amines) is 1. The molecule has 102 valence electrons. The predicted octanol–water partition coefficient (Wildman–Crippen LogP) is 2.58. The molecule has 1 aliphatic rings. The molecule has 0 radical (unpaired) electrons. The zero-order valence-electron chi connectivity index (χ0n) is 11.8. The van der Waals surface area contributed by atoms with Gasteiger partial charge in [0.1, 0.15) is 5.82 Å². The van der Waals surface area contributed by atoms with Crippen molar-refractivity contribution in [1.82, 2.24) is 14.5 Å². The second-order valence-corrected chi connectivity index (χ2v) is 5.47. The van der Waals surface area contributed by atoms with E-state index in [2.05, 4.69) is 34.4 Å². The zero-order chi connectivity index (χ0) is 13.4. The van der Waals surface area contributed by atoms with E-state index in [1.54, 1.807) is 0 Å². The first-order valence-corrected chi connectivity index (χ1v) is 7.15. The summed E-state index contributed by atoms with van der Waals surface area (Å²) in [6.45, 7) is 7.83. The van der Waals surface area contributed by atoms with E-state index in [1.807, 2.05) is 12.1 Å². The lowest BCUT2D eigenvalue weighted by Gasteiger charge is -2.33. The summed E-state index contributed by atoms with van der Waals surface area (Å²) in [5.74, 6) is 1.10. The van der Waals surface area contributed by atoms with Crippen LogP contribution in [0.1, 0.15) is 31.6 Å². The monoisotopic (exact) mass is 258 g/mol. The van der Waals surface area contributed by atoms with Gasteiger partial charge in [0, 0.05) is 18.3 Å². The predicted molar refractivity (Wildman–Crippen MR) is 79.3 cm³/mol. The average molecular weight is 258 g/mol. The molecular weight excluding hydrogens is 236 g/mol. The molecule has 1 aromatic carbocycles. The number of imidazole rings is 1. The van der Waals surface area contributed by atoms with Crippen LogP contribution in [-0.4, -0.2) is 34.1 Å². The molecule has 2 heterocycles. The Hall–Kier alpha value is -1.55. The number of rotatable bonds is 2. The quantitative estimate of drug-likeness (QED) is 0.842. The van der Waals surface area contributed by atoms with Gasteiger partial charge in [-0.1, -0.05) is 6.92 Å². The van der Waals surface area contributed by atoms with Crippen LogP contribution in [0.5, 0.6) is 0 Å². The number of nitrogens with two attached hydrogens (primary N) is 1. The Kier molecular flexibility index (Phi) is 3.19. The molecule has 1 fully saturated rings. The van der Waals surface area contributed by atoms with Crippen molar-refractivity contribution in [1.29, 1.82) is 0 Å². The van der Waals surface area contributed by atoms with Crippen molar-refractivity contribution in [2.24, 2.45) is 0 Å². The number of anilines is 1. The van der Waals surface area contributed by atoms with E-state index in [0.29, 0.717) is 6.04 Å². The van der Waals surface area contributed by atoms with Gasteiger partial charge in [0.25, 0.3) is 0 Å². The summed E-state index contributed by atoms with van der Waals surface area (Å²) in [5.41, 5.74) is 8.87. The minimum Gasteiger partial charge on any atom is -0.399 e. The molecule has 0 saturated carbocycles. The lowest BCUT2D eigenvalue weighted by molar-refractivity contribution is 0.186. The summed E-state index contributed by atoms with van der Waals surface area (Å²) in [6, 6.07) is 6.59. The molecule has 4 heteroatoms. The van der Waals surface area contributed by atoms with Gasteiger partial charge in [0.05, 0.1) is 11.0 Å². The average Bonchev–Trinajstić information content (AvgIpc) is 2.73. The highest BCUT2D eigenvalue weighted by atomic mass is 15.2. The van der Waals surface area contributed by atoms with Crippen LogP contribution >= 0.6 is 0 Å². The van der Waals surface area contributed by atoms with Gasteiger partial charge < -0.3 is 15.2 Å². The number of hydrogen-bond acceptors (Lipinski definition) is 3. The normalized spacial score (nSPS) is 21.1. The fourth-order valence-electron chi connectivity index (χ4n) is 3.23. The van der Waals surface area contributed by atoms with Gasteiger partial charge in [0.15, 0.2) is 0 Å². The molecule has 2 aromatic rings. The Bertz CT molecular complexity index is 587. The molecule has 1 atom stereocenters. The molecule has 4 nitrogen and oxygen atoms in total. The standard InChI is InChI=1S/C15H22N4/c1-3-18-8-4-5-13(10-18)19-11(2)17-14-9-12(16)6-7-15(14)19/h6-7,9,13H,3-5,8,10,16H2,1-2H3. The number of aromatic nitrogens is 2. The van der Waals surface area contributed by atoms with Crippen LogP contribution in [0, 0.1) is 6.92 Å². The van der Waals surface area contributed by atoms with Gasteiger partial charge in [-0.05, 0) is 51.1 Å². The maximum atomic E-state index is 5.85. The third-order valence-electron chi connectivity index (χ3n) is 4.18. The Balaban J connectivity index is 2.02. The summed E-state index contributed by atoms with van der Waals surface area (Å²) in [5, 5.41) is 0. The highest BCUT2D eigenvalue weighted by molar-refractivity contribution is 5.79. The van der Waals surface area contributed by atoms with E-state index in [9.17, 15) is 0 Å². The SMILES string of the molecule is CCN1CCCC(n2c(C)nc3cc(N)ccc32)C1. The first-order valence-electron chi connectivity index (χ1n) is 7.15. The summed E-state index contributed by atoms with van der Waals surface area (Å²) >= 11 is 0. The first kappa shape index (κ1) is 12.5. The highest BCUT2D eigenvalue weighted by Gasteiger charge is 2.23. The Morgan fingerprint density at radius 3 is 3.05 bits per heavy atom. The number of aryl methyl sites for hydroxylation is 1. The third kappa shape index (κ3) is 2.21. The molecule has 0 bridgehead atoms. The van der Waals surface area contributed by atoms with E-state index in [1.165, 1.54) is 24.9 Å². The lowest BCUT2D eigenvalue weighted by Crippen LogP contribution is -2.36. The molecule has 1 unspecified atom stereocenters. The Morgan fingerprint density at radius 2 is 2.26 bits per heavy atom. The number of likely N-dealkylation sites (N-methyl/N-ethyl adjacent to an activating group) is 1. The Morgan fingerprint density at radius 1 is 1.42 bits per heavy atom. The zero-order valence-corrected chi connectivity index (χ0v) is 11.8. The molecule has 0 amide bonds. The van der Waals surface area contributed by atoms with Crippen molar-refractivity contribution < 1.29 is 0 Å². The van der Waals surface area contributed by atoms with Crippen molar-refractivity contribution in [3.05, 3.63) is 24.0 Å². The van der Waals surface area contributed by atoms with Crippen molar-refractivity contribution in [3.63, 3.8) is 0 Å². The Labute approximate surface area is 114 Å². The topological polar surface area (TPSA) is 47.1 Å². The first-order chi connectivity index (χ1) is 9.19. The van der Waals surface area contributed by atoms with E-state index < -0.39 is 0 Å².